The van der Waals surface area contributed by atoms with Crippen LogP contribution < -0.4 is 10.1 Å². The van der Waals surface area contributed by atoms with Crippen molar-refractivity contribution in [1.82, 2.24) is 15.1 Å². The molecule has 5 heteroatoms. The number of hydrogen-bond donors (Lipinski definition) is 1. The monoisotopic (exact) mass is 341 g/mol. The number of benzene rings is 2. The predicted molar refractivity (Wildman–Crippen MR) is 101 cm³/mol. The molecule has 0 saturated carbocycles. The summed E-state index contributed by atoms with van der Waals surface area (Å²) < 4.78 is 5.71. The van der Waals surface area contributed by atoms with Crippen LogP contribution in [0.3, 0.4) is 0 Å². The number of carbonyl (C=O) groups is 1. The maximum absolute atomic E-state index is 12.0. The maximum Gasteiger partial charge on any atom is 0.257 e. The number of fused-ring (bicyclic) bond motifs is 1. The summed E-state index contributed by atoms with van der Waals surface area (Å²) in [5.74, 6) is 0.692. The van der Waals surface area contributed by atoms with Gasteiger partial charge in [-0.2, -0.15) is 0 Å². The van der Waals surface area contributed by atoms with Crippen molar-refractivity contribution in [2.24, 2.45) is 0 Å². The Morgan fingerprint density at radius 1 is 1.08 bits per heavy atom. The Balaban J connectivity index is 1.37. The minimum absolute atomic E-state index is 0.0581. The largest absolute Gasteiger partial charge is 0.483 e. The second-order valence-electron chi connectivity index (χ2n) is 6.61. The Bertz CT molecular complexity index is 691. The van der Waals surface area contributed by atoms with Crippen LogP contribution in [0.25, 0.3) is 10.8 Å². The molecule has 2 aromatic carbocycles. The zero-order valence-corrected chi connectivity index (χ0v) is 14.9. The van der Waals surface area contributed by atoms with Gasteiger partial charge in [-0.3, -0.25) is 4.79 Å². The van der Waals surface area contributed by atoms with E-state index in [4.69, 9.17) is 4.74 Å². The summed E-state index contributed by atoms with van der Waals surface area (Å²) in [4.78, 5) is 16.8. The van der Waals surface area contributed by atoms with Gasteiger partial charge >= 0.3 is 0 Å². The highest BCUT2D eigenvalue weighted by Gasteiger charge is 2.13. The van der Waals surface area contributed by atoms with E-state index in [1.807, 2.05) is 42.5 Å². The van der Waals surface area contributed by atoms with Gasteiger partial charge in [0.15, 0.2) is 6.61 Å². The summed E-state index contributed by atoms with van der Waals surface area (Å²) >= 11 is 0. The molecule has 2 aromatic rings. The Morgan fingerprint density at radius 2 is 1.84 bits per heavy atom. The van der Waals surface area contributed by atoms with Crippen LogP contribution in [0.4, 0.5) is 0 Å². The molecule has 134 valence electrons. The molecule has 25 heavy (non-hydrogen) atoms. The maximum atomic E-state index is 12.0. The van der Waals surface area contributed by atoms with Gasteiger partial charge in [0, 0.05) is 38.1 Å². The molecular formula is C20H27N3O2. The summed E-state index contributed by atoms with van der Waals surface area (Å²) in [6.45, 7) is 6.30. The fourth-order valence-corrected chi connectivity index (χ4v) is 3.12. The number of hydrogen-bond acceptors (Lipinski definition) is 4. The van der Waals surface area contributed by atoms with Crippen LogP contribution in [0, 0.1) is 0 Å². The highest BCUT2D eigenvalue weighted by Crippen LogP contribution is 2.24. The SMILES string of the molecule is CN1CCN(CCCNC(=O)COc2cccc3ccccc23)CC1. The van der Waals surface area contributed by atoms with Crippen LogP contribution in [0.15, 0.2) is 42.5 Å². The van der Waals surface area contributed by atoms with Crippen molar-refractivity contribution in [2.45, 2.75) is 6.42 Å². The van der Waals surface area contributed by atoms with Crippen molar-refractivity contribution >= 4 is 16.7 Å². The molecule has 0 aromatic heterocycles. The number of rotatable bonds is 7. The minimum atomic E-state index is -0.0636. The quantitative estimate of drug-likeness (QED) is 0.782. The molecule has 1 heterocycles. The predicted octanol–water partition coefficient (Wildman–Crippen LogP) is 1.97. The van der Waals surface area contributed by atoms with E-state index in [1.165, 1.54) is 0 Å². The molecule has 1 amide bonds. The van der Waals surface area contributed by atoms with Crippen LogP contribution in [0.2, 0.25) is 0 Å². The van der Waals surface area contributed by atoms with E-state index in [2.05, 4.69) is 22.2 Å². The minimum Gasteiger partial charge on any atom is -0.483 e. The summed E-state index contributed by atoms with van der Waals surface area (Å²) in [5.41, 5.74) is 0. The van der Waals surface area contributed by atoms with Crippen molar-refractivity contribution in [3.8, 4) is 5.75 Å². The zero-order valence-electron chi connectivity index (χ0n) is 14.9. The first-order chi connectivity index (χ1) is 12.2. The number of amides is 1. The Hall–Kier alpha value is -2.11. The number of ether oxygens (including phenoxy) is 1. The lowest BCUT2D eigenvalue weighted by atomic mass is 10.1. The smallest absolute Gasteiger partial charge is 0.257 e. The fraction of sp³-hybridized carbons (Fsp3) is 0.450. The van der Waals surface area contributed by atoms with Gasteiger partial charge in [-0.15, -0.1) is 0 Å². The topological polar surface area (TPSA) is 44.8 Å². The van der Waals surface area contributed by atoms with Crippen LogP contribution in [-0.4, -0.2) is 68.6 Å². The highest BCUT2D eigenvalue weighted by atomic mass is 16.5. The third-order valence-electron chi connectivity index (χ3n) is 4.68. The summed E-state index contributed by atoms with van der Waals surface area (Å²) in [5, 5.41) is 5.10. The average molecular weight is 341 g/mol. The van der Waals surface area contributed by atoms with E-state index in [9.17, 15) is 4.79 Å². The molecule has 5 nitrogen and oxygen atoms in total. The van der Waals surface area contributed by atoms with E-state index in [0.717, 1.165) is 55.7 Å². The van der Waals surface area contributed by atoms with E-state index >= 15 is 0 Å². The Morgan fingerprint density at radius 3 is 2.68 bits per heavy atom. The first kappa shape index (κ1) is 17.7. The van der Waals surface area contributed by atoms with Crippen molar-refractivity contribution < 1.29 is 9.53 Å². The van der Waals surface area contributed by atoms with Gasteiger partial charge in [0.1, 0.15) is 5.75 Å². The molecule has 0 atom stereocenters. The second kappa shape index (κ2) is 8.83. The first-order valence-corrected chi connectivity index (χ1v) is 9.00. The van der Waals surface area contributed by atoms with Crippen LogP contribution in [0.1, 0.15) is 6.42 Å². The zero-order chi connectivity index (χ0) is 17.5. The highest BCUT2D eigenvalue weighted by molar-refractivity contribution is 5.88. The molecule has 1 saturated heterocycles. The molecule has 0 unspecified atom stereocenters. The number of nitrogens with zero attached hydrogens (tertiary/aromatic N) is 2. The lowest BCUT2D eigenvalue weighted by Gasteiger charge is -2.32. The molecular weight excluding hydrogens is 314 g/mol. The number of piperazine rings is 1. The van der Waals surface area contributed by atoms with Crippen LogP contribution in [-0.2, 0) is 4.79 Å². The third kappa shape index (κ3) is 5.18. The summed E-state index contributed by atoms with van der Waals surface area (Å²) in [6.07, 6.45) is 0.976. The second-order valence-corrected chi connectivity index (χ2v) is 6.61. The molecule has 0 radical (unpaired) electrons. The van der Waals surface area contributed by atoms with Gasteiger partial charge in [-0.05, 0) is 31.5 Å². The standard InChI is InChI=1S/C20H27N3O2/c1-22-12-14-23(15-13-22)11-5-10-21-20(24)16-25-19-9-4-7-17-6-2-3-8-18(17)19/h2-4,6-9H,5,10-16H2,1H3,(H,21,24). The molecule has 1 N–H and O–H groups in total. The van der Waals surface area contributed by atoms with Crippen LogP contribution >= 0.6 is 0 Å². The third-order valence-corrected chi connectivity index (χ3v) is 4.68. The average Bonchev–Trinajstić information content (AvgIpc) is 2.65. The van der Waals surface area contributed by atoms with Gasteiger partial charge < -0.3 is 19.9 Å². The fourth-order valence-electron chi connectivity index (χ4n) is 3.12. The van der Waals surface area contributed by atoms with Gasteiger partial charge in [-0.1, -0.05) is 36.4 Å². The molecule has 0 spiro atoms. The van der Waals surface area contributed by atoms with Crippen LogP contribution in [0.5, 0.6) is 5.75 Å². The van der Waals surface area contributed by atoms with Crippen molar-refractivity contribution in [1.29, 1.82) is 0 Å². The first-order valence-electron chi connectivity index (χ1n) is 9.00. The molecule has 1 aliphatic heterocycles. The van der Waals surface area contributed by atoms with Gasteiger partial charge in [0.25, 0.3) is 5.91 Å². The molecule has 1 aliphatic rings. The van der Waals surface area contributed by atoms with E-state index in [0.29, 0.717) is 6.54 Å². The Kier molecular flexibility index (Phi) is 6.25. The van der Waals surface area contributed by atoms with Crippen molar-refractivity contribution in [3.63, 3.8) is 0 Å². The van der Waals surface area contributed by atoms with E-state index in [1.54, 1.807) is 0 Å². The lowest BCUT2D eigenvalue weighted by Crippen LogP contribution is -2.45. The van der Waals surface area contributed by atoms with Crippen molar-refractivity contribution in [3.05, 3.63) is 42.5 Å². The van der Waals surface area contributed by atoms with Gasteiger partial charge in [-0.25, -0.2) is 0 Å². The lowest BCUT2D eigenvalue weighted by molar-refractivity contribution is -0.123. The number of likely N-dealkylation sites (N-methyl/N-ethyl adjacent to an activating group) is 1. The molecule has 3 rings (SSSR count). The summed E-state index contributed by atoms with van der Waals surface area (Å²) in [6, 6.07) is 13.9. The normalized spacial score (nSPS) is 16.0. The molecule has 0 bridgehead atoms. The van der Waals surface area contributed by atoms with E-state index in [-0.39, 0.29) is 12.5 Å². The van der Waals surface area contributed by atoms with Gasteiger partial charge in [0.05, 0.1) is 0 Å². The molecule has 0 aliphatic carbocycles. The number of carbonyl (C=O) groups excluding carboxylic acids is 1. The van der Waals surface area contributed by atoms with Gasteiger partial charge in [0.2, 0.25) is 0 Å². The van der Waals surface area contributed by atoms with Crippen molar-refractivity contribution in [2.75, 3.05) is 52.9 Å². The van der Waals surface area contributed by atoms with E-state index < -0.39 is 0 Å². The summed E-state index contributed by atoms with van der Waals surface area (Å²) in [7, 11) is 2.16. The molecule has 1 fully saturated rings. The number of nitrogens with one attached hydrogen (secondary N) is 1. The Labute approximate surface area is 149 Å².